The molecule has 0 saturated carbocycles. The van der Waals surface area contributed by atoms with Gasteiger partial charge in [-0.2, -0.15) is 0 Å². The summed E-state index contributed by atoms with van der Waals surface area (Å²) in [5.74, 6) is -2.82. The molecule has 0 heterocycles. The summed E-state index contributed by atoms with van der Waals surface area (Å²) in [5.41, 5.74) is 4.97. The number of amides is 1. The van der Waals surface area contributed by atoms with E-state index in [1.165, 1.54) is 18.2 Å². The Bertz CT molecular complexity index is 906. The van der Waals surface area contributed by atoms with E-state index in [1.54, 1.807) is 20.8 Å². The minimum Gasteiger partial charge on any atom is -0.598 e. The van der Waals surface area contributed by atoms with Crippen LogP contribution in [0.3, 0.4) is 0 Å². The molecular formula is C20H23ClF2N2O3S. The largest absolute Gasteiger partial charge is 0.598 e. The molecule has 29 heavy (non-hydrogen) atoms. The molecule has 0 spiro atoms. The van der Waals surface area contributed by atoms with Crippen molar-refractivity contribution in [3.05, 3.63) is 58.1 Å². The van der Waals surface area contributed by atoms with Gasteiger partial charge in [0.1, 0.15) is 16.3 Å². The van der Waals surface area contributed by atoms with Gasteiger partial charge in [0, 0.05) is 16.9 Å². The van der Waals surface area contributed by atoms with Crippen LogP contribution in [0.25, 0.3) is 0 Å². The van der Waals surface area contributed by atoms with Crippen molar-refractivity contribution in [2.24, 2.45) is 5.73 Å². The van der Waals surface area contributed by atoms with Gasteiger partial charge in [-0.1, -0.05) is 24.6 Å². The zero-order valence-corrected chi connectivity index (χ0v) is 18.1. The second-order valence-corrected chi connectivity index (χ2v) is 9.75. The predicted octanol–water partition coefficient (Wildman–Crippen LogP) is 5.01. The number of hydrogen-bond acceptors (Lipinski definition) is 4. The van der Waals surface area contributed by atoms with Crippen LogP contribution >= 0.6 is 11.6 Å². The Hall–Kier alpha value is -1.87. The Morgan fingerprint density at radius 1 is 1.31 bits per heavy atom. The van der Waals surface area contributed by atoms with Crippen molar-refractivity contribution in [3.8, 4) is 11.5 Å². The van der Waals surface area contributed by atoms with Gasteiger partial charge in [0.15, 0.2) is 11.6 Å². The second-order valence-electron chi connectivity index (χ2n) is 7.35. The molecule has 0 fully saturated rings. The summed E-state index contributed by atoms with van der Waals surface area (Å²) in [6, 6.07) is 5.69. The number of halogens is 3. The fourth-order valence-corrected chi connectivity index (χ4v) is 3.55. The molecule has 2 atom stereocenters. The maximum atomic E-state index is 15.2. The number of primary amides is 1. The normalized spacial score (nSPS) is 13.8. The van der Waals surface area contributed by atoms with Crippen LogP contribution in [0.15, 0.2) is 30.3 Å². The van der Waals surface area contributed by atoms with Crippen LogP contribution in [0.2, 0.25) is 5.02 Å². The zero-order valence-electron chi connectivity index (χ0n) is 16.5. The van der Waals surface area contributed by atoms with Gasteiger partial charge in [-0.15, -0.1) is 4.72 Å². The SMILES string of the molecule is CCC(N[S@+]([O-])C(C)(C)C)c1ccc(Cl)c(Oc2ccc(F)c(C(N)=O)c2)c1F. The Morgan fingerprint density at radius 3 is 2.52 bits per heavy atom. The molecule has 3 N–H and O–H groups in total. The standard InChI is InChI=1S/C20H23ClF2N2O3S/c1-5-16(25-29(27)20(2,3)4)12-7-8-14(21)18(17(12)23)28-11-6-9-15(22)13(10-11)19(24)26/h6-10,16,25H,5H2,1-4H3,(H2,24,26)/t16?,29-/m1/s1. The lowest BCUT2D eigenvalue weighted by atomic mass is 10.0. The van der Waals surface area contributed by atoms with Gasteiger partial charge in [0.05, 0.1) is 16.6 Å². The van der Waals surface area contributed by atoms with E-state index in [9.17, 15) is 13.7 Å². The number of benzene rings is 2. The molecule has 2 aromatic carbocycles. The molecule has 0 radical (unpaired) electrons. The summed E-state index contributed by atoms with van der Waals surface area (Å²) in [5, 5.41) is -0.0111. The number of rotatable bonds is 7. The van der Waals surface area contributed by atoms with Crippen LogP contribution in [-0.4, -0.2) is 15.2 Å². The number of nitrogens with one attached hydrogen (secondary N) is 1. The summed E-state index contributed by atoms with van der Waals surface area (Å²) < 4.78 is 49.2. The fourth-order valence-electron chi connectivity index (χ4n) is 2.46. The molecule has 0 aliphatic rings. The average molecular weight is 445 g/mol. The van der Waals surface area contributed by atoms with Gasteiger partial charge in [0.2, 0.25) is 0 Å². The molecule has 5 nitrogen and oxygen atoms in total. The van der Waals surface area contributed by atoms with Crippen LogP contribution in [0.4, 0.5) is 8.78 Å². The zero-order chi connectivity index (χ0) is 21.9. The first-order valence-corrected chi connectivity index (χ1v) is 10.4. The fraction of sp³-hybridized carbons (Fsp3) is 0.350. The van der Waals surface area contributed by atoms with Crippen molar-refractivity contribution >= 4 is 28.9 Å². The third-order valence-corrected chi connectivity index (χ3v) is 6.00. The van der Waals surface area contributed by atoms with Crippen molar-refractivity contribution in [2.45, 2.75) is 44.9 Å². The third-order valence-electron chi connectivity index (χ3n) is 4.09. The number of ether oxygens (including phenoxy) is 1. The van der Waals surface area contributed by atoms with Crippen molar-refractivity contribution in [1.82, 2.24) is 4.72 Å². The monoisotopic (exact) mass is 444 g/mol. The van der Waals surface area contributed by atoms with Gasteiger partial charge >= 0.3 is 0 Å². The van der Waals surface area contributed by atoms with E-state index in [2.05, 4.69) is 4.72 Å². The molecule has 0 bridgehead atoms. The highest BCUT2D eigenvalue weighted by atomic mass is 35.5. The van der Waals surface area contributed by atoms with E-state index in [0.29, 0.717) is 6.42 Å². The highest BCUT2D eigenvalue weighted by Gasteiger charge is 2.31. The van der Waals surface area contributed by atoms with Gasteiger partial charge in [-0.25, -0.2) is 8.78 Å². The Kier molecular flexibility index (Phi) is 7.50. The molecule has 1 amide bonds. The number of hydrogen-bond donors (Lipinski definition) is 2. The van der Waals surface area contributed by atoms with Crippen LogP contribution in [-0.2, 0) is 11.4 Å². The minimum atomic E-state index is -1.42. The smallest absolute Gasteiger partial charge is 0.251 e. The van der Waals surface area contributed by atoms with Crippen molar-refractivity contribution < 1.29 is 22.9 Å². The number of nitrogens with two attached hydrogens (primary N) is 1. The maximum absolute atomic E-state index is 15.2. The maximum Gasteiger partial charge on any atom is 0.251 e. The van der Waals surface area contributed by atoms with Crippen LogP contribution < -0.4 is 15.2 Å². The van der Waals surface area contributed by atoms with Crippen LogP contribution in [0.5, 0.6) is 11.5 Å². The number of carbonyl (C=O) groups excluding carboxylic acids is 1. The van der Waals surface area contributed by atoms with Gasteiger partial charge in [0.25, 0.3) is 5.91 Å². The lowest BCUT2D eigenvalue weighted by Gasteiger charge is -2.28. The molecule has 0 aromatic heterocycles. The molecule has 9 heteroatoms. The molecule has 2 rings (SSSR count). The summed E-state index contributed by atoms with van der Waals surface area (Å²) in [6.45, 7) is 7.24. The highest BCUT2D eigenvalue weighted by molar-refractivity contribution is 7.90. The second kappa shape index (κ2) is 9.30. The topological polar surface area (TPSA) is 87.4 Å². The van der Waals surface area contributed by atoms with Crippen molar-refractivity contribution in [2.75, 3.05) is 0 Å². The molecule has 0 aliphatic carbocycles. The highest BCUT2D eigenvalue weighted by Crippen LogP contribution is 2.37. The first kappa shape index (κ1) is 23.4. The van der Waals surface area contributed by atoms with E-state index >= 15 is 4.39 Å². The van der Waals surface area contributed by atoms with Gasteiger partial charge < -0.3 is 15.0 Å². The summed E-state index contributed by atoms with van der Waals surface area (Å²) in [7, 11) is 0. The first-order valence-electron chi connectivity index (χ1n) is 8.88. The lowest BCUT2D eigenvalue weighted by Crippen LogP contribution is -2.41. The molecule has 0 aliphatic heterocycles. The first-order chi connectivity index (χ1) is 13.5. The van der Waals surface area contributed by atoms with Gasteiger partial charge in [-0.3, -0.25) is 4.79 Å². The Balaban J connectivity index is 2.40. The summed E-state index contributed by atoms with van der Waals surface area (Å²) >= 11 is 4.68. The third kappa shape index (κ3) is 5.60. The molecule has 0 saturated heterocycles. The van der Waals surface area contributed by atoms with E-state index in [1.807, 2.05) is 6.92 Å². The minimum absolute atomic E-state index is 0.00238. The van der Waals surface area contributed by atoms with E-state index < -0.39 is 39.7 Å². The molecule has 2 aromatic rings. The van der Waals surface area contributed by atoms with E-state index in [0.717, 1.165) is 12.1 Å². The Morgan fingerprint density at radius 2 is 1.97 bits per heavy atom. The Labute approximate surface area is 176 Å². The molecule has 1 unspecified atom stereocenters. The van der Waals surface area contributed by atoms with E-state index in [-0.39, 0.29) is 27.6 Å². The van der Waals surface area contributed by atoms with Crippen LogP contribution in [0.1, 0.15) is 56.1 Å². The average Bonchev–Trinajstić information content (AvgIpc) is 2.63. The number of carbonyl (C=O) groups is 1. The van der Waals surface area contributed by atoms with Crippen LogP contribution in [0, 0.1) is 11.6 Å². The van der Waals surface area contributed by atoms with Crippen molar-refractivity contribution in [1.29, 1.82) is 0 Å². The summed E-state index contributed by atoms with van der Waals surface area (Å²) in [4.78, 5) is 11.3. The predicted molar refractivity (Wildman–Crippen MR) is 110 cm³/mol. The lowest BCUT2D eigenvalue weighted by molar-refractivity contribution is 0.0996. The van der Waals surface area contributed by atoms with Gasteiger partial charge in [-0.05, 0) is 51.5 Å². The van der Waals surface area contributed by atoms with Crippen molar-refractivity contribution in [3.63, 3.8) is 0 Å². The summed E-state index contributed by atoms with van der Waals surface area (Å²) in [6.07, 6.45) is 0.461. The van der Waals surface area contributed by atoms with E-state index in [4.69, 9.17) is 22.1 Å². The quantitative estimate of drug-likeness (QED) is 0.587. The molecule has 158 valence electrons. The molecular weight excluding hydrogens is 422 g/mol.